The summed E-state index contributed by atoms with van der Waals surface area (Å²) in [5.41, 5.74) is 0. The SMILES string of the molecule is O=CN1CCNCC1I. The summed E-state index contributed by atoms with van der Waals surface area (Å²) in [5, 5.41) is 3.19. The van der Waals surface area contributed by atoms with Crippen molar-refractivity contribution in [2.75, 3.05) is 19.6 Å². The van der Waals surface area contributed by atoms with E-state index in [0.717, 1.165) is 26.0 Å². The first-order valence-corrected chi connectivity index (χ1v) is 4.15. The van der Waals surface area contributed by atoms with Gasteiger partial charge in [-0.05, 0) is 0 Å². The maximum atomic E-state index is 10.3. The predicted molar refractivity (Wildman–Crippen MR) is 43.4 cm³/mol. The van der Waals surface area contributed by atoms with E-state index < -0.39 is 0 Å². The second-order valence-corrected chi connectivity index (χ2v) is 3.42. The van der Waals surface area contributed by atoms with E-state index in [9.17, 15) is 4.79 Å². The van der Waals surface area contributed by atoms with Crippen LogP contribution in [-0.2, 0) is 4.79 Å². The highest BCUT2D eigenvalue weighted by Crippen LogP contribution is 2.06. The van der Waals surface area contributed by atoms with Crippen molar-refractivity contribution in [1.82, 2.24) is 10.2 Å². The molecular weight excluding hydrogens is 231 g/mol. The minimum absolute atomic E-state index is 0.342. The summed E-state index contributed by atoms with van der Waals surface area (Å²) in [6, 6.07) is 0. The van der Waals surface area contributed by atoms with Gasteiger partial charge in [0, 0.05) is 19.6 Å². The Morgan fingerprint density at radius 1 is 1.78 bits per heavy atom. The molecule has 1 aliphatic rings. The van der Waals surface area contributed by atoms with E-state index in [0.29, 0.717) is 4.05 Å². The number of piperazine rings is 1. The fourth-order valence-electron chi connectivity index (χ4n) is 0.805. The number of alkyl halides is 1. The molecule has 1 rings (SSSR count). The van der Waals surface area contributed by atoms with E-state index >= 15 is 0 Å². The number of rotatable bonds is 1. The first kappa shape index (κ1) is 7.27. The van der Waals surface area contributed by atoms with Crippen LogP contribution < -0.4 is 5.32 Å². The van der Waals surface area contributed by atoms with Gasteiger partial charge < -0.3 is 10.2 Å². The Labute approximate surface area is 67.9 Å². The molecule has 1 unspecified atom stereocenters. The topological polar surface area (TPSA) is 32.3 Å². The molecule has 0 saturated carbocycles. The molecule has 0 radical (unpaired) electrons. The van der Waals surface area contributed by atoms with Gasteiger partial charge in [-0.2, -0.15) is 0 Å². The average molecular weight is 240 g/mol. The van der Waals surface area contributed by atoms with Crippen LogP contribution in [0.1, 0.15) is 0 Å². The van der Waals surface area contributed by atoms with Gasteiger partial charge >= 0.3 is 0 Å². The average Bonchev–Trinajstić information content (AvgIpc) is 1.89. The van der Waals surface area contributed by atoms with Gasteiger partial charge in [-0.1, -0.05) is 22.6 Å². The van der Waals surface area contributed by atoms with Gasteiger partial charge in [0.2, 0.25) is 6.41 Å². The van der Waals surface area contributed by atoms with E-state index in [2.05, 4.69) is 27.9 Å². The second-order valence-electron chi connectivity index (χ2n) is 1.98. The Balaban J connectivity index is 2.38. The van der Waals surface area contributed by atoms with Gasteiger partial charge in [0.15, 0.2) is 0 Å². The van der Waals surface area contributed by atoms with Gasteiger partial charge in [-0.15, -0.1) is 0 Å². The molecule has 1 amide bonds. The van der Waals surface area contributed by atoms with E-state index in [-0.39, 0.29) is 0 Å². The van der Waals surface area contributed by atoms with Gasteiger partial charge in [-0.3, -0.25) is 4.79 Å². The molecule has 1 fully saturated rings. The number of hydrogen-bond acceptors (Lipinski definition) is 2. The van der Waals surface area contributed by atoms with Crippen molar-refractivity contribution >= 4 is 29.0 Å². The van der Waals surface area contributed by atoms with Crippen molar-refractivity contribution in [3.63, 3.8) is 0 Å². The molecule has 0 aromatic carbocycles. The highest BCUT2D eigenvalue weighted by molar-refractivity contribution is 14.1. The van der Waals surface area contributed by atoms with Crippen LogP contribution in [0.15, 0.2) is 0 Å². The van der Waals surface area contributed by atoms with E-state index in [1.807, 2.05) is 0 Å². The standard InChI is InChI=1S/C5H9IN2O/c6-5-3-7-1-2-8(5)4-9/h4-5,7H,1-3H2. The minimum atomic E-state index is 0.342. The van der Waals surface area contributed by atoms with Crippen LogP contribution >= 0.6 is 22.6 Å². The number of hydrogen-bond donors (Lipinski definition) is 1. The lowest BCUT2D eigenvalue weighted by molar-refractivity contribution is -0.118. The summed E-state index contributed by atoms with van der Waals surface area (Å²) in [6.45, 7) is 2.69. The van der Waals surface area contributed by atoms with Crippen LogP contribution in [0.3, 0.4) is 0 Å². The summed E-state index contributed by atoms with van der Waals surface area (Å²) in [7, 11) is 0. The minimum Gasteiger partial charge on any atom is -0.331 e. The van der Waals surface area contributed by atoms with Gasteiger partial charge in [0.25, 0.3) is 0 Å². The van der Waals surface area contributed by atoms with Crippen LogP contribution in [-0.4, -0.2) is 35.0 Å². The third kappa shape index (κ3) is 1.79. The molecule has 1 aliphatic heterocycles. The molecule has 0 spiro atoms. The zero-order valence-electron chi connectivity index (χ0n) is 5.01. The van der Waals surface area contributed by atoms with Gasteiger partial charge in [0.1, 0.15) is 0 Å². The molecule has 9 heavy (non-hydrogen) atoms. The van der Waals surface area contributed by atoms with E-state index in [1.165, 1.54) is 0 Å². The Morgan fingerprint density at radius 3 is 3.00 bits per heavy atom. The molecule has 1 heterocycles. The molecule has 0 aliphatic carbocycles. The lowest BCUT2D eigenvalue weighted by Gasteiger charge is -2.28. The van der Waals surface area contributed by atoms with Crippen molar-refractivity contribution in [3.05, 3.63) is 0 Å². The Hall–Kier alpha value is 0.160. The normalized spacial score (nSPS) is 28.1. The predicted octanol–water partition coefficient (Wildman–Crippen LogP) is -0.191. The molecule has 1 saturated heterocycles. The Morgan fingerprint density at radius 2 is 2.56 bits per heavy atom. The van der Waals surface area contributed by atoms with Gasteiger partial charge in [-0.25, -0.2) is 0 Å². The van der Waals surface area contributed by atoms with Crippen LogP contribution in [0, 0.1) is 0 Å². The van der Waals surface area contributed by atoms with Crippen molar-refractivity contribution in [1.29, 1.82) is 0 Å². The Kier molecular flexibility index (Phi) is 2.71. The first-order chi connectivity index (χ1) is 4.34. The fourth-order valence-corrected chi connectivity index (χ4v) is 1.53. The molecule has 0 bridgehead atoms. The molecule has 1 N–H and O–H groups in total. The van der Waals surface area contributed by atoms with Crippen LogP contribution in [0.25, 0.3) is 0 Å². The maximum Gasteiger partial charge on any atom is 0.210 e. The largest absolute Gasteiger partial charge is 0.331 e. The molecule has 0 aromatic heterocycles. The summed E-state index contributed by atoms with van der Waals surface area (Å²) in [4.78, 5) is 12.1. The molecule has 52 valence electrons. The molecule has 3 nitrogen and oxygen atoms in total. The molecule has 0 aromatic rings. The third-order valence-corrected chi connectivity index (χ3v) is 2.51. The second kappa shape index (κ2) is 3.36. The number of carbonyl (C=O) groups excluding carboxylic acids is 1. The smallest absolute Gasteiger partial charge is 0.210 e. The number of amides is 1. The number of carbonyl (C=O) groups is 1. The van der Waals surface area contributed by atoms with E-state index in [1.54, 1.807) is 4.90 Å². The lowest BCUT2D eigenvalue weighted by atomic mass is 10.4. The monoisotopic (exact) mass is 240 g/mol. The van der Waals surface area contributed by atoms with Gasteiger partial charge in [0.05, 0.1) is 4.05 Å². The van der Waals surface area contributed by atoms with Crippen LogP contribution in [0.4, 0.5) is 0 Å². The number of halogens is 1. The molecule has 1 atom stereocenters. The van der Waals surface area contributed by atoms with Crippen LogP contribution in [0.5, 0.6) is 0 Å². The molecular formula is C5H9IN2O. The lowest BCUT2D eigenvalue weighted by Crippen LogP contribution is -2.47. The van der Waals surface area contributed by atoms with E-state index in [4.69, 9.17) is 0 Å². The Bertz CT molecular complexity index is 109. The quantitative estimate of drug-likeness (QED) is 0.298. The summed E-state index contributed by atoms with van der Waals surface area (Å²) in [6.07, 6.45) is 0.915. The van der Waals surface area contributed by atoms with Crippen molar-refractivity contribution < 1.29 is 4.79 Å². The highest BCUT2D eigenvalue weighted by atomic mass is 127. The zero-order valence-corrected chi connectivity index (χ0v) is 7.17. The zero-order chi connectivity index (χ0) is 6.69. The summed E-state index contributed by atoms with van der Waals surface area (Å²) in [5.74, 6) is 0. The maximum absolute atomic E-state index is 10.3. The third-order valence-electron chi connectivity index (χ3n) is 1.35. The summed E-state index contributed by atoms with van der Waals surface area (Å²) >= 11 is 2.25. The van der Waals surface area contributed by atoms with Crippen LogP contribution in [0.2, 0.25) is 0 Å². The summed E-state index contributed by atoms with van der Waals surface area (Å²) < 4.78 is 0.342. The number of nitrogens with zero attached hydrogens (tertiary/aromatic N) is 1. The van der Waals surface area contributed by atoms with Crippen molar-refractivity contribution in [2.45, 2.75) is 4.05 Å². The van der Waals surface area contributed by atoms with Crippen molar-refractivity contribution in [2.24, 2.45) is 0 Å². The van der Waals surface area contributed by atoms with Crippen molar-refractivity contribution in [3.8, 4) is 0 Å². The number of nitrogens with one attached hydrogen (secondary N) is 1. The highest BCUT2D eigenvalue weighted by Gasteiger charge is 2.15. The molecule has 4 heteroatoms. The first-order valence-electron chi connectivity index (χ1n) is 2.90. The fraction of sp³-hybridized carbons (Fsp3) is 0.800.